The standard InChI is InChI=1S/C21H14F4N4O/c22-15-2-1-9-26-19(15)18(12-3-6-14(7-4-12)21(23,24)25)29-20(30)13-5-8-16-17(10-13)28-11-27-16/h1-11,18H,(H,27,28)(H,29,30)/t18-/m0/s1. The van der Waals surface area contributed by atoms with Crippen LogP contribution in [0.15, 0.2) is 67.1 Å². The van der Waals surface area contributed by atoms with Gasteiger partial charge in [-0.1, -0.05) is 12.1 Å². The van der Waals surface area contributed by atoms with Gasteiger partial charge >= 0.3 is 6.18 Å². The molecule has 9 heteroatoms. The van der Waals surface area contributed by atoms with Crippen molar-refractivity contribution in [2.24, 2.45) is 0 Å². The van der Waals surface area contributed by atoms with Gasteiger partial charge in [0.25, 0.3) is 5.91 Å². The molecular weight excluding hydrogens is 400 g/mol. The maximum atomic E-state index is 14.4. The molecule has 0 aliphatic carbocycles. The number of hydrogen-bond acceptors (Lipinski definition) is 3. The third-order valence-electron chi connectivity index (χ3n) is 4.59. The minimum absolute atomic E-state index is 0.105. The number of halogens is 4. The van der Waals surface area contributed by atoms with Crippen molar-refractivity contribution in [3.05, 3.63) is 95.3 Å². The maximum absolute atomic E-state index is 14.4. The topological polar surface area (TPSA) is 70.7 Å². The predicted octanol–water partition coefficient (Wildman–Crippen LogP) is 4.64. The van der Waals surface area contributed by atoms with Crippen molar-refractivity contribution < 1.29 is 22.4 Å². The SMILES string of the molecule is O=C(N[C@@H](c1ccc(C(F)(F)F)cc1)c1ncccc1F)c1ccc2[nH]cnc2c1. The highest BCUT2D eigenvalue weighted by molar-refractivity contribution is 5.97. The number of amides is 1. The van der Waals surface area contributed by atoms with Crippen molar-refractivity contribution in [1.82, 2.24) is 20.3 Å². The molecule has 0 fully saturated rings. The second kappa shape index (κ2) is 7.58. The van der Waals surface area contributed by atoms with Gasteiger partial charge in [-0.3, -0.25) is 9.78 Å². The normalized spacial score (nSPS) is 12.7. The Morgan fingerprint density at radius 2 is 1.80 bits per heavy atom. The Balaban J connectivity index is 1.70. The van der Waals surface area contributed by atoms with E-state index in [0.29, 0.717) is 5.52 Å². The van der Waals surface area contributed by atoms with Crippen LogP contribution in [0.4, 0.5) is 17.6 Å². The summed E-state index contributed by atoms with van der Waals surface area (Å²) in [6, 6.07) is 10.4. The molecular formula is C21H14F4N4O. The number of benzene rings is 2. The predicted molar refractivity (Wildman–Crippen MR) is 101 cm³/mol. The Bertz CT molecular complexity index is 1200. The average molecular weight is 414 g/mol. The number of aromatic nitrogens is 3. The van der Waals surface area contributed by atoms with E-state index in [4.69, 9.17) is 0 Å². The Kier molecular flexibility index (Phi) is 4.94. The van der Waals surface area contributed by atoms with Crippen molar-refractivity contribution >= 4 is 16.9 Å². The van der Waals surface area contributed by atoms with E-state index >= 15 is 0 Å². The fourth-order valence-corrected chi connectivity index (χ4v) is 3.07. The first kappa shape index (κ1) is 19.6. The lowest BCUT2D eigenvalue weighted by Crippen LogP contribution is -2.30. The summed E-state index contributed by atoms with van der Waals surface area (Å²) in [6.45, 7) is 0. The highest BCUT2D eigenvalue weighted by Gasteiger charge is 2.31. The lowest BCUT2D eigenvalue weighted by molar-refractivity contribution is -0.137. The number of imidazole rings is 1. The first-order chi connectivity index (χ1) is 14.3. The average Bonchev–Trinajstić information content (AvgIpc) is 3.20. The highest BCUT2D eigenvalue weighted by atomic mass is 19.4. The molecule has 0 aliphatic rings. The molecule has 2 N–H and O–H groups in total. The van der Waals surface area contributed by atoms with Gasteiger partial charge in [0.15, 0.2) is 0 Å². The van der Waals surface area contributed by atoms with Gasteiger partial charge in [0.2, 0.25) is 0 Å². The van der Waals surface area contributed by atoms with Crippen molar-refractivity contribution in [1.29, 1.82) is 0 Å². The Labute approximate surface area is 167 Å². The van der Waals surface area contributed by atoms with Crippen LogP contribution in [0.2, 0.25) is 0 Å². The van der Waals surface area contributed by atoms with E-state index in [1.165, 1.54) is 36.8 Å². The van der Waals surface area contributed by atoms with Crippen LogP contribution in [-0.4, -0.2) is 20.9 Å². The second-order valence-electron chi connectivity index (χ2n) is 6.53. The smallest absolute Gasteiger partial charge is 0.345 e. The van der Waals surface area contributed by atoms with Crippen molar-refractivity contribution in [2.45, 2.75) is 12.2 Å². The van der Waals surface area contributed by atoms with Crippen LogP contribution in [0.3, 0.4) is 0 Å². The summed E-state index contributed by atoms with van der Waals surface area (Å²) in [4.78, 5) is 23.8. The number of carbonyl (C=O) groups excluding carboxylic acids is 1. The van der Waals surface area contributed by atoms with Crippen LogP contribution in [-0.2, 0) is 6.18 Å². The molecule has 5 nitrogen and oxygen atoms in total. The molecule has 0 saturated carbocycles. The molecule has 0 spiro atoms. The Hall–Kier alpha value is -3.75. The summed E-state index contributed by atoms with van der Waals surface area (Å²) < 4.78 is 53.1. The molecule has 1 atom stereocenters. The molecule has 2 heterocycles. The van der Waals surface area contributed by atoms with Crippen LogP contribution >= 0.6 is 0 Å². The van der Waals surface area contributed by atoms with Gasteiger partial charge in [-0.15, -0.1) is 0 Å². The molecule has 1 amide bonds. The minimum Gasteiger partial charge on any atom is -0.345 e. The summed E-state index contributed by atoms with van der Waals surface area (Å²) >= 11 is 0. The van der Waals surface area contributed by atoms with E-state index in [1.807, 2.05) is 0 Å². The third-order valence-corrected chi connectivity index (χ3v) is 4.59. The molecule has 0 radical (unpaired) electrons. The molecule has 0 aliphatic heterocycles. The van der Waals surface area contributed by atoms with E-state index in [-0.39, 0.29) is 16.8 Å². The van der Waals surface area contributed by atoms with E-state index in [1.54, 1.807) is 18.2 Å². The van der Waals surface area contributed by atoms with Gasteiger partial charge in [-0.25, -0.2) is 9.37 Å². The number of fused-ring (bicyclic) bond motifs is 1. The number of alkyl halides is 3. The van der Waals surface area contributed by atoms with Crippen LogP contribution in [0, 0.1) is 5.82 Å². The zero-order chi connectivity index (χ0) is 21.3. The molecule has 4 aromatic rings. The van der Waals surface area contributed by atoms with E-state index in [0.717, 1.165) is 17.6 Å². The van der Waals surface area contributed by atoms with Gasteiger partial charge in [0.1, 0.15) is 11.5 Å². The van der Waals surface area contributed by atoms with Gasteiger partial charge in [0.05, 0.1) is 29.0 Å². The van der Waals surface area contributed by atoms with Gasteiger partial charge < -0.3 is 10.3 Å². The minimum atomic E-state index is -4.51. The number of nitrogens with one attached hydrogen (secondary N) is 2. The largest absolute Gasteiger partial charge is 0.416 e. The van der Waals surface area contributed by atoms with Crippen LogP contribution in [0.5, 0.6) is 0 Å². The van der Waals surface area contributed by atoms with Crippen LogP contribution in [0.25, 0.3) is 11.0 Å². The van der Waals surface area contributed by atoms with Crippen molar-refractivity contribution in [3.63, 3.8) is 0 Å². The molecule has 152 valence electrons. The quantitative estimate of drug-likeness (QED) is 0.478. The summed E-state index contributed by atoms with van der Waals surface area (Å²) in [5.74, 6) is -1.24. The number of pyridine rings is 1. The van der Waals surface area contributed by atoms with E-state index in [9.17, 15) is 22.4 Å². The van der Waals surface area contributed by atoms with E-state index in [2.05, 4.69) is 20.3 Å². The molecule has 4 rings (SSSR count). The Morgan fingerprint density at radius 3 is 2.50 bits per heavy atom. The van der Waals surface area contributed by atoms with Crippen molar-refractivity contribution in [2.75, 3.05) is 0 Å². The monoisotopic (exact) mass is 414 g/mol. The molecule has 2 aromatic carbocycles. The molecule has 2 aromatic heterocycles. The second-order valence-corrected chi connectivity index (χ2v) is 6.53. The summed E-state index contributed by atoms with van der Waals surface area (Å²) in [5, 5.41) is 2.66. The number of rotatable bonds is 4. The lowest BCUT2D eigenvalue weighted by Gasteiger charge is -2.20. The van der Waals surface area contributed by atoms with Gasteiger partial charge in [-0.05, 0) is 48.0 Å². The first-order valence-electron chi connectivity index (χ1n) is 8.84. The van der Waals surface area contributed by atoms with Crippen LogP contribution in [0.1, 0.15) is 33.2 Å². The summed E-state index contributed by atoms with van der Waals surface area (Å²) in [6.07, 6.45) is -1.68. The molecule has 30 heavy (non-hydrogen) atoms. The number of nitrogens with zero attached hydrogens (tertiary/aromatic N) is 2. The number of aromatic amines is 1. The Morgan fingerprint density at radius 1 is 1.03 bits per heavy atom. The van der Waals surface area contributed by atoms with Gasteiger partial charge in [-0.2, -0.15) is 13.2 Å². The fraction of sp³-hybridized carbons (Fsp3) is 0.0952. The molecule has 0 saturated heterocycles. The summed E-state index contributed by atoms with van der Waals surface area (Å²) in [5.41, 5.74) is 0.880. The lowest BCUT2D eigenvalue weighted by atomic mass is 10.00. The van der Waals surface area contributed by atoms with Gasteiger partial charge in [0, 0.05) is 11.8 Å². The number of hydrogen-bond donors (Lipinski definition) is 2. The van der Waals surface area contributed by atoms with Crippen LogP contribution < -0.4 is 5.32 Å². The molecule has 0 unspecified atom stereocenters. The number of H-pyrrole nitrogens is 1. The first-order valence-corrected chi connectivity index (χ1v) is 8.84. The zero-order valence-electron chi connectivity index (χ0n) is 15.2. The van der Waals surface area contributed by atoms with E-state index < -0.39 is 29.5 Å². The zero-order valence-corrected chi connectivity index (χ0v) is 15.2. The highest BCUT2D eigenvalue weighted by Crippen LogP contribution is 2.31. The number of carbonyl (C=O) groups is 1. The summed E-state index contributed by atoms with van der Waals surface area (Å²) in [7, 11) is 0. The fourth-order valence-electron chi connectivity index (χ4n) is 3.07. The third kappa shape index (κ3) is 3.86. The van der Waals surface area contributed by atoms with Crippen molar-refractivity contribution in [3.8, 4) is 0 Å². The molecule has 0 bridgehead atoms. The maximum Gasteiger partial charge on any atom is 0.416 e.